The molecule has 0 heterocycles. The number of rotatable bonds is 7. The van der Waals surface area contributed by atoms with E-state index >= 15 is 0 Å². The summed E-state index contributed by atoms with van der Waals surface area (Å²) in [6, 6.07) is 18.7. The van der Waals surface area contributed by atoms with Crippen molar-refractivity contribution in [3.8, 4) is 0 Å². The fraction of sp³-hybridized carbons (Fsp3) is 0. The summed E-state index contributed by atoms with van der Waals surface area (Å²) >= 11 is 0. The number of anilines is 1. The first kappa shape index (κ1) is 20.6. The summed E-state index contributed by atoms with van der Waals surface area (Å²) in [6.07, 6.45) is 0. The Kier molecular flexibility index (Phi) is 6.13. The molecule has 1 N–H and O–H groups in total. The highest BCUT2D eigenvalue weighted by Gasteiger charge is 2.13. The van der Waals surface area contributed by atoms with E-state index in [2.05, 4.69) is 15.1 Å². The highest BCUT2D eigenvalue weighted by Crippen LogP contribution is 2.20. The lowest BCUT2D eigenvalue weighted by atomic mass is 10.2. The molecular formula is C19H14N4O6S. The van der Waals surface area contributed by atoms with Gasteiger partial charge in [-0.1, -0.05) is 28.8 Å². The molecule has 0 saturated carbocycles. The predicted molar refractivity (Wildman–Crippen MR) is 107 cm³/mol. The van der Waals surface area contributed by atoms with E-state index in [-0.39, 0.29) is 21.8 Å². The van der Waals surface area contributed by atoms with Gasteiger partial charge in [-0.25, -0.2) is 10.3 Å². The molecule has 0 aliphatic rings. The van der Waals surface area contributed by atoms with E-state index in [1.165, 1.54) is 54.6 Å². The summed E-state index contributed by atoms with van der Waals surface area (Å²) in [4.78, 5) is 27.1. The molecule has 152 valence electrons. The molecule has 11 heteroatoms. The molecule has 0 amide bonds. The van der Waals surface area contributed by atoms with Crippen LogP contribution in [0.3, 0.4) is 0 Å². The summed E-state index contributed by atoms with van der Waals surface area (Å²) in [6.45, 7) is 0. The van der Waals surface area contributed by atoms with Gasteiger partial charge in [-0.15, -0.1) is 5.11 Å². The lowest BCUT2D eigenvalue weighted by Crippen LogP contribution is -2.10. The SMILES string of the molecule is O=C(ONc1ccc(N=NS(=O)(=O)c2ccccc2)cc1)c1cccc([N+](=O)[O-])c1. The van der Waals surface area contributed by atoms with Gasteiger partial charge < -0.3 is 4.84 Å². The smallest absolute Gasteiger partial charge is 0.338 e. The van der Waals surface area contributed by atoms with Crippen LogP contribution in [0.1, 0.15) is 10.4 Å². The Bertz CT molecular complexity index is 1200. The van der Waals surface area contributed by atoms with Crippen molar-refractivity contribution in [3.05, 3.63) is 94.5 Å². The topological polar surface area (TPSA) is 140 Å². The maximum absolute atomic E-state index is 12.1. The van der Waals surface area contributed by atoms with Crippen molar-refractivity contribution in [1.29, 1.82) is 0 Å². The Balaban J connectivity index is 1.61. The van der Waals surface area contributed by atoms with Gasteiger partial charge in [0, 0.05) is 12.1 Å². The van der Waals surface area contributed by atoms with Crippen molar-refractivity contribution in [2.45, 2.75) is 4.90 Å². The second-order valence-electron chi connectivity index (χ2n) is 5.82. The number of hydrogen-bond donors (Lipinski definition) is 1. The number of benzene rings is 3. The van der Waals surface area contributed by atoms with Crippen LogP contribution in [0.2, 0.25) is 0 Å². The molecule has 3 aromatic rings. The van der Waals surface area contributed by atoms with Crippen LogP contribution in [-0.2, 0) is 14.9 Å². The third-order valence-corrected chi connectivity index (χ3v) is 4.89. The molecule has 0 bridgehead atoms. The minimum atomic E-state index is -3.90. The number of carbonyl (C=O) groups excluding carboxylic acids is 1. The summed E-state index contributed by atoms with van der Waals surface area (Å²) in [7, 11) is -3.90. The zero-order valence-electron chi connectivity index (χ0n) is 15.2. The zero-order valence-corrected chi connectivity index (χ0v) is 16.0. The molecule has 30 heavy (non-hydrogen) atoms. The van der Waals surface area contributed by atoms with E-state index in [0.717, 1.165) is 6.07 Å². The fourth-order valence-corrected chi connectivity index (χ4v) is 3.04. The predicted octanol–water partition coefficient (Wildman–Crippen LogP) is 4.25. The van der Waals surface area contributed by atoms with Crippen molar-refractivity contribution in [2.75, 3.05) is 5.48 Å². The van der Waals surface area contributed by atoms with Crippen LogP contribution in [-0.4, -0.2) is 19.3 Å². The van der Waals surface area contributed by atoms with Crippen molar-refractivity contribution >= 4 is 33.1 Å². The Morgan fingerprint density at radius 1 is 0.967 bits per heavy atom. The molecule has 0 atom stereocenters. The molecule has 0 saturated heterocycles. The summed E-state index contributed by atoms with van der Waals surface area (Å²) < 4.78 is 27.6. The van der Waals surface area contributed by atoms with Crippen molar-refractivity contribution < 1.29 is 23.0 Å². The van der Waals surface area contributed by atoms with Crippen LogP contribution >= 0.6 is 0 Å². The van der Waals surface area contributed by atoms with Crippen LogP contribution in [0.5, 0.6) is 0 Å². The summed E-state index contributed by atoms with van der Waals surface area (Å²) in [5.74, 6) is -0.809. The summed E-state index contributed by atoms with van der Waals surface area (Å²) in [5, 5.41) is 14.5. The standard InChI is InChI=1S/C19H14N4O6S/c24-19(14-5-4-6-17(13-14)23(25)26)29-21-16-11-9-15(10-12-16)20-22-30(27,28)18-7-2-1-3-8-18/h1-13,21H. The fourth-order valence-electron chi connectivity index (χ4n) is 2.25. The Morgan fingerprint density at radius 3 is 2.33 bits per heavy atom. The molecule has 0 spiro atoms. The van der Waals surface area contributed by atoms with Crippen LogP contribution in [0.4, 0.5) is 17.1 Å². The second-order valence-corrected chi connectivity index (χ2v) is 7.40. The third-order valence-electron chi connectivity index (χ3n) is 3.73. The Labute approximate surface area is 171 Å². The van der Waals surface area contributed by atoms with Crippen LogP contribution in [0, 0.1) is 10.1 Å². The second kappa shape index (κ2) is 8.92. The number of nitro groups is 1. The minimum absolute atomic E-state index is 0.00763. The number of sulfonamides is 1. The Morgan fingerprint density at radius 2 is 1.67 bits per heavy atom. The van der Waals surface area contributed by atoms with Gasteiger partial charge in [0.25, 0.3) is 15.7 Å². The van der Waals surface area contributed by atoms with Gasteiger partial charge in [0.15, 0.2) is 0 Å². The van der Waals surface area contributed by atoms with E-state index in [1.807, 2.05) is 0 Å². The van der Waals surface area contributed by atoms with Gasteiger partial charge >= 0.3 is 5.97 Å². The summed E-state index contributed by atoms with van der Waals surface area (Å²) in [5.41, 5.74) is 2.83. The monoisotopic (exact) mass is 426 g/mol. The van der Waals surface area contributed by atoms with Crippen LogP contribution < -0.4 is 5.48 Å². The minimum Gasteiger partial charge on any atom is -0.338 e. The first-order chi connectivity index (χ1) is 14.3. The zero-order chi connectivity index (χ0) is 21.6. The van der Waals surface area contributed by atoms with Crippen LogP contribution in [0.15, 0.2) is 93.4 Å². The molecule has 3 rings (SSSR count). The highest BCUT2D eigenvalue weighted by molar-refractivity contribution is 7.90. The number of nitro benzene ring substituents is 1. The molecular weight excluding hydrogens is 412 g/mol. The Hall–Kier alpha value is -4.12. The van der Waals surface area contributed by atoms with Crippen molar-refractivity contribution in [3.63, 3.8) is 0 Å². The number of non-ortho nitro benzene ring substituents is 1. The van der Waals surface area contributed by atoms with E-state index in [9.17, 15) is 23.3 Å². The maximum Gasteiger partial charge on any atom is 0.363 e. The number of nitrogens with one attached hydrogen (secondary N) is 1. The average molecular weight is 426 g/mol. The lowest BCUT2D eigenvalue weighted by molar-refractivity contribution is -0.384. The van der Waals surface area contributed by atoms with Crippen molar-refractivity contribution in [2.24, 2.45) is 9.63 Å². The normalized spacial score (nSPS) is 11.2. The first-order valence-corrected chi connectivity index (χ1v) is 9.84. The maximum atomic E-state index is 12.1. The lowest BCUT2D eigenvalue weighted by Gasteiger charge is -2.06. The quantitative estimate of drug-likeness (QED) is 0.338. The first-order valence-electron chi connectivity index (χ1n) is 8.40. The van der Waals surface area contributed by atoms with Gasteiger partial charge in [-0.3, -0.25) is 10.1 Å². The molecule has 0 fully saturated rings. The molecule has 0 aliphatic heterocycles. The molecule has 3 aromatic carbocycles. The van der Waals surface area contributed by atoms with Gasteiger partial charge in [0.2, 0.25) is 0 Å². The van der Waals surface area contributed by atoms with Gasteiger partial charge in [0.05, 0.1) is 26.8 Å². The van der Waals surface area contributed by atoms with E-state index in [4.69, 9.17) is 4.84 Å². The van der Waals surface area contributed by atoms with Gasteiger partial charge in [0.1, 0.15) is 0 Å². The van der Waals surface area contributed by atoms with Crippen molar-refractivity contribution in [1.82, 2.24) is 0 Å². The van der Waals surface area contributed by atoms with E-state index in [0.29, 0.717) is 5.69 Å². The number of carbonyl (C=O) groups is 1. The molecule has 0 aromatic heterocycles. The number of hydrogen-bond acceptors (Lipinski definition) is 8. The molecule has 10 nitrogen and oxygen atoms in total. The van der Waals surface area contributed by atoms with Crippen LogP contribution in [0.25, 0.3) is 0 Å². The molecule has 0 aliphatic carbocycles. The number of nitrogens with zero attached hydrogens (tertiary/aromatic N) is 3. The van der Waals surface area contributed by atoms with E-state index < -0.39 is 20.9 Å². The highest BCUT2D eigenvalue weighted by atomic mass is 32.2. The largest absolute Gasteiger partial charge is 0.363 e. The van der Waals surface area contributed by atoms with Gasteiger partial charge in [-0.05, 0) is 42.5 Å². The third kappa shape index (κ3) is 5.23. The van der Waals surface area contributed by atoms with E-state index in [1.54, 1.807) is 18.2 Å². The van der Waals surface area contributed by atoms with Gasteiger partial charge in [-0.2, -0.15) is 8.42 Å². The molecule has 0 unspecified atom stereocenters. The average Bonchev–Trinajstić information content (AvgIpc) is 2.77. The molecule has 0 radical (unpaired) electrons.